The lowest BCUT2D eigenvalue weighted by molar-refractivity contribution is 0.649. The van der Waals surface area contributed by atoms with Crippen molar-refractivity contribution in [2.24, 2.45) is 0 Å². The van der Waals surface area contributed by atoms with Crippen LogP contribution < -0.4 is 9.80 Å². The quantitative estimate of drug-likeness (QED) is 0.429. The zero-order valence-corrected chi connectivity index (χ0v) is 17.7. The number of rotatable bonds is 3. The van der Waals surface area contributed by atoms with Crippen LogP contribution in [0.3, 0.4) is 0 Å². The van der Waals surface area contributed by atoms with Gasteiger partial charge in [0, 0.05) is 36.6 Å². The third-order valence-corrected chi connectivity index (χ3v) is 6.56. The highest BCUT2D eigenvalue weighted by molar-refractivity contribution is 7.18. The number of nitrogens with zero attached hydrogens (tertiary/aromatic N) is 4. The molecule has 0 amide bonds. The molecule has 6 heteroatoms. The second-order valence-electron chi connectivity index (χ2n) is 7.24. The van der Waals surface area contributed by atoms with Gasteiger partial charge in [-0.2, -0.15) is 0 Å². The van der Waals surface area contributed by atoms with E-state index >= 15 is 0 Å². The number of anilines is 2. The van der Waals surface area contributed by atoms with E-state index in [1.54, 1.807) is 11.3 Å². The van der Waals surface area contributed by atoms with Gasteiger partial charge in [-0.3, -0.25) is 0 Å². The molecule has 0 aliphatic carbocycles. The molecule has 3 heterocycles. The molecule has 2 aromatic heterocycles. The lowest BCUT2D eigenvalue weighted by atomic mass is 10.2. The van der Waals surface area contributed by atoms with Crippen LogP contribution in [0.1, 0.15) is 4.88 Å². The van der Waals surface area contributed by atoms with Crippen molar-refractivity contribution in [3.63, 3.8) is 0 Å². The molecule has 0 saturated carbocycles. The molecule has 0 bridgehead atoms. The fourth-order valence-corrected chi connectivity index (χ4v) is 4.98. The number of benzene rings is 2. The summed E-state index contributed by atoms with van der Waals surface area (Å²) in [6.07, 6.45) is 0. The first kappa shape index (κ1) is 18.4. The van der Waals surface area contributed by atoms with Crippen LogP contribution in [0, 0.1) is 6.92 Å². The molecular formula is C23H21ClN4S. The van der Waals surface area contributed by atoms with Crippen LogP contribution in [0.4, 0.5) is 11.5 Å². The lowest BCUT2D eigenvalue weighted by Gasteiger charge is -2.37. The molecule has 1 fully saturated rings. The van der Waals surface area contributed by atoms with Crippen molar-refractivity contribution in [3.05, 3.63) is 70.6 Å². The Morgan fingerprint density at radius 1 is 0.862 bits per heavy atom. The molecule has 1 saturated heterocycles. The molecular weight excluding hydrogens is 400 g/mol. The first-order valence-corrected chi connectivity index (χ1v) is 11.0. The SMILES string of the molecule is Cc1cc2c(N3CCN(c4ccccc4Cl)CC3)nc(-c3ccccc3)nc2s1. The normalized spacial score (nSPS) is 14.6. The number of fused-ring (bicyclic) bond motifs is 1. The van der Waals surface area contributed by atoms with Crippen molar-refractivity contribution < 1.29 is 0 Å². The van der Waals surface area contributed by atoms with Gasteiger partial charge in [0.05, 0.1) is 16.1 Å². The van der Waals surface area contributed by atoms with Gasteiger partial charge in [0.2, 0.25) is 0 Å². The van der Waals surface area contributed by atoms with Gasteiger partial charge in [0.25, 0.3) is 0 Å². The van der Waals surface area contributed by atoms with Crippen LogP contribution in [0.25, 0.3) is 21.6 Å². The van der Waals surface area contributed by atoms with Gasteiger partial charge in [-0.05, 0) is 25.1 Å². The Kier molecular flexibility index (Phi) is 4.86. The van der Waals surface area contributed by atoms with Crippen LogP contribution in [0.2, 0.25) is 5.02 Å². The highest BCUT2D eigenvalue weighted by Crippen LogP contribution is 2.34. The summed E-state index contributed by atoms with van der Waals surface area (Å²) in [6.45, 7) is 5.77. The largest absolute Gasteiger partial charge is 0.367 e. The Bertz CT molecular complexity index is 1150. The number of para-hydroxylation sites is 1. The molecule has 0 atom stereocenters. The van der Waals surface area contributed by atoms with Gasteiger partial charge in [-0.1, -0.05) is 54.1 Å². The van der Waals surface area contributed by atoms with Crippen molar-refractivity contribution in [3.8, 4) is 11.4 Å². The zero-order valence-electron chi connectivity index (χ0n) is 16.2. The molecule has 146 valence electrons. The molecule has 2 aromatic carbocycles. The van der Waals surface area contributed by atoms with Crippen molar-refractivity contribution in [1.29, 1.82) is 0 Å². The van der Waals surface area contributed by atoms with Gasteiger partial charge >= 0.3 is 0 Å². The molecule has 4 nitrogen and oxygen atoms in total. The summed E-state index contributed by atoms with van der Waals surface area (Å²) >= 11 is 8.14. The predicted octanol–water partition coefficient (Wildman–Crippen LogP) is 5.65. The van der Waals surface area contributed by atoms with E-state index in [0.29, 0.717) is 0 Å². The maximum Gasteiger partial charge on any atom is 0.163 e. The van der Waals surface area contributed by atoms with Gasteiger partial charge in [0.1, 0.15) is 10.6 Å². The summed E-state index contributed by atoms with van der Waals surface area (Å²) in [5.74, 6) is 1.83. The van der Waals surface area contributed by atoms with Gasteiger partial charge in [0.15, 0.2) is 5.82 Å². The van der Waals surface area contributed by atoms with Crippen LogP contribution >= 0.6 is 22.9 Å². The summed E-state index contributed by atoms with van der Waals surface area (Å²) in [5.41, 5.74) is 2.16. The average Bonchev–Trinajstić information content (AvgIpc) is 3.14. The fourth-order valence-electron chi connectivity index (χ4n) is 3.85. The van der Waals surface area contributed by atoms with E-state index in [0.717, 1.165) is 64.3 Å². The van der Waals surface area contributed by atoms with Crippen molar-refractivity contribution in [1.82, 2.24) is 9.97 Å². The van der Waals surface area contributed by atoms with E-state index in [2.05, 4.69) is 41.0 Å². The van der Waals surface area contributed by atoms with E-state index < -0.39 is 0 Å². The highest BCUT2D eigenvalue weighted by Gasteiger charge is 2.23. The number of thiophene rings is 1. The van der Waals surface area contributed by atoms with E-state index in [1.807, 2.05) is 36.4 Å². The second kappa shape index (κ2) is 7.65. The van der Waals surface area contributed by atoms with Crippen molar-refractivity contribution in [2.45, 2.75) is 6.92 Å². The summed E-state index contributed by atoms with van der Waals surface area (Å²) < 4.78 is 0. The Hall–Kier alpha value is -2.63. The molecule has 1 aliphatic heterocycles. The average molecular weight is 421 g/mol. The minimum Gasteiger partial charge on any atom is -0.367 e. The predicted molar refractivity (Wildman–Crippen MR) is 123 cm³/mol. The number of hydrogen-bond acceptors (Lipinski definition) is 5. The molecule has 29 heavy (non-hydrogen) atoms. The molecule has 0 unspecified atom stereocenters. The maximum absolute atomic E-state index is 6.41. The summed E-state index contributed by atoms with van der Waals surface area (Å²) in [4.78, 5) is 16.9. The Morgan fingerprint density at radius 2 is 1.55 bits per heavy atom. The summed E-state index contributed by atoms with van der Waals surface area (Å²) in [6, 6.07) is 20.5. The number of aryl methyl sites for hydroxylation is 1. The van der Waals surface area contributed by atoms with Crippen molar-refractivity contribution in [2.75, 3.05) is 36.0 Å². The van der Waals surface area contributed by atoms with Gasteiger partial charge < -0.3 is 9.80 Å². The van der Waals surface area contributed by atoms with Gasteiger partial charge in [-0.15, -0.1) is 11.3 Å². The van der Waals surface area contributed by atoms with Crippen LogP contribution in [0.15, 0.2) is 60.7 Å². The third kappa shape index (κ3) is 3.56. The van der Waals surface area contributed by atoms with Crippen molar-refractivity contribution >= 4 is 44.7 Å². The molecule has 0 N–H and O–H groups in total. The number of piperazine rings is 1. The van der Waals surface area contributed by atoms with E-state index in [1.165, 1.54) is 4.88 Å². The monoisotopic (exact) mass is 420 g/mol. The van der Waals surface area contributed by atoms with E-state index in [9.17, 15) is 0 Å². The zero-order chi connectivity index (χ0) is 19.8. The topological polar surface area (TPSA) is 32.3 Å². The van der Waals surface area contributed by atoms with Gasteiger partial charge in [-0.25, -0.2) is 9.97 Å². The number of aromatic nitrogens is 2. The summed E-state index contributed by atoms with van der Waals surface area (Å²) in [5, 5.41) is 1.96. The standard InChI is InChI=1S/C23H21ClN4S/c1-16-15-18-22(25-21(26-23(18)29-16)17-7-3-2-4-8-17)28-13-11-27(12-14-28)20-10-6-5-9-19(20)24/h2-10,15H,11-14H2,1H3. The van der Waals surface area contributed by atoms with E-state index in [4.69, 9.17) is 21.6 Å². The lowest BCUT2D eigenvalue weighted by Crippen LogP contribution is -2.47. The molecule has 4 aromatic rings. The third-order valence-electron chi connectivity index (χ3n) is 5.30. The Balaban J connectivity index is 1.48. The summed E-state index contributed by atoms with van der Waals surface area (Å²) in [7, 11) is 0. The van der Waals surface area contributed by atoms with Crippen LogP contribution in [0.5, 0.6) is 0 Å². The first-order valence-electron chi connectivity index (χ1n) is 9.77. The molecule has 0 radical (unpaired) electrons. The Labute approximate surface area is 179 Å². The first-order chi connectivity index (χ1) is 14.2. The van der Waals surface area contributed by atoms with Crippen LogP contribution in [-0.4, -0.2) is 36.1 Å². The number of halogens is 1. The minimum atomic E-state index is 0.795. The highest BCUT2D eigenvalue weighted by atomic mass is 35.5. The second-order valence-corrected chi connectivity index (χ2v) is 8.88. The Morgan fingerprint density at radius 3 is 2.31 bits per heavy atom. The molecule has 0 spiro atoms. The minimum absolute atomic E-state index is 0.795. The molecule has 5 rings (SSSR count). The maximum atomic E-state index is 6.41. The molecule has 1 aliphatic rings. The van der Waals surface area contributed by atoms with E-state index in [-0.39, 0.29) is 0 Å². The fraction of sp³-hybridized carbons (Fsp3) is 0.217. The van der Waals surface area contributed by atoms with Crippen LogP contribution in [-0.2, 0) is 0 Å². The smallest absolute Gasteiger partial charge is 0.163 e. The number of hydrogen-bond donors (Lipinski definition) is 0.